The van der Waals surface area contributed by atoms with Gasteiger partial charge in [0.1, 0.15) is 0 Å². The number of aryl methyl sites for hydroxylation is 2. The second-order valence-corrected chi connectivity index (χ2v) is 6.89. The van der Waals surface area contributed by atoms with Gasteiger partial charge in [0.05, 0.1) is 11.2 Å². The van der Waals surface area contributed by atoms with E-state index < -0.39 is 15.9 Å². The van der Waals surface area contributed by atoms with E-state index in [-0.39, 0.29) is 10.7 Å². The van der Waals surface area contributed by atoms with Crippen LogP contribution in [-0.4, -0.2) is 28.4 Å². The Balaban J connectivity index is 2.33. The molecule has 1 aromatic carbocycles. The van der Waals surface area contributed by atoms with Gasteiger partial charge in [-0.1, -0.05) is 6.07 Å². The molecule has 6 nitrogen and oxygen atoms in total. The maximum atomic E-state index is 12.3. The third kappa shape index (κ3) is 3.14. The molecule has 0 aliphatic heterocycles. The van der Waals surface area contributed by atoms with Crippen LogP contribution in [0.2, 0.25) is 0 Å². The summed E-state index contributed by atoms with van der Waals surface area (Å²) in [7, 11) is -0.315. The van der Waals surface area contributed by atoms with Gasteiger partial charge in [0.25, 0.3) is 10.0 Å². The Hall–Kier alpha value is -2.28. The Labute approximate surface area is 129 Å². The van der Waals surface area contributed by atoms with E-state index in [2.05, 4.69) is 0 Å². The molecule has 0 bridgehead atoms. The summed E-state index contributed by atoms with van der Waals surface area (Å²) in [6, 6.07) is 6.29. The summed E-state index contributed by atoms with van der Waals surface area (Å²) >= 11 is 0. The van der Waals surface area contributed by atoms with E-state index in [1.807, 2.05) is 30.6 Å². The largest absolute Gasteiger partial charge is 0.459 e. The molecule has 0 saturated carbocycles. The standard InChI is InChI=1S/C15H18N2O4S/c1-10-5-6-12(9-13(10)17(3)4)22(19,20)16-15(18)14-11(2)7-8-21-14/h5-9H,1-4H3,(H,16,18). The molecule has 1 amide bonds. The van der Waals surface area contributed by atoms with Crippen LogP contribution in [-0.2, 0) is 10.0 Å². The first-order valence-corrected chi connectivity index (χ1v) is 8.10. The minimum Gasteiger partial charge on any atom is -0.459 e. The van der Waals surface area contributed by atoms with Gasteiger partial charge in [-0.3, -0.25) is 4.79 Å². The molecule has 22 heavy (non-hydrogen) atoms. The van der Waals surface area contributed by atoms with Crippen LogP contribution in [0, 0.1) is 13.8 Å². The minimum absolute atomic E-state index is 0.0106. The van der Waals surface area contributed by atoms with Crippen molar-refractivity contribution < 1.29 is 17.6 Å². The highest BCUT2D eigenvalue weighted by molar-refractivity contribution is 7.90. The van der Waals surface area contributed by atoms with E-state index in [1.165, 1.54) is 18.4 Å². The van der Waals surface area contributed by atoms with Gasteiger partial charge < -0.3 is 9.32 Å². The zero-order chi connectivity index (χ0) is 16.5. The number of carbonyl (C=O) groups excluding carboxylic acids is 1. The quantitative estimate of drug-likeness (QED) is 0.932. The number of furan rings is 1. The van der Waals surface area contributed by atoms with Crippen molar-refractivity contribution in [3.63, 3.8) is 0 Å². The molecule has 1 N–H and O–H groups in total. The lowest BCUT2D eigenvalue weighted by Crippen LogP contribution is -2.30. The Kier molecular flexibility index (Phi) is 4.27. The molecule has 0 aliphatic carbocycles. The Morgan fingerprint density at radius 3 is 2.36 bits per heavy atom. The molecule has 0 saturated heterocycles. The molecule has 1 aromatic heterocycles. The van der Waals surface area contributed by atoms with Crippen molar-refractivity contribution in [1.82, 2.24) is 4.72 Å². The first-order chi connectivity index (χ1) is 10.2. The molecule has 0 unspecified atom stereocenters. The molecule has 0 radical (unpaired) electrons. The first kappa shape index (κ1) is 16.1. The highest BCUT2D eigenvalue weighted by atomic mass is 32.2. The Bertz CT molecular complexity index is 807. The maximum absolute atomic E-state index is 12.3. The average Bonchev–Trinajstić information content (AvgIpc) is 2.84. The SMILES string of the molecule is Cc1ccc(S(=O)(=O)NC(=O)c2occc2C)cc1N(C)C. The monoisotopic (exact) mass is 322 g/mol. The summed E-state index contributed by atoms with van der Waals surface area (Å²) in [5.74, 6) is -0.794. The second kappa shape index (κ2) is 5.84. The molecule has 0 aliphatic rings. The van der Waals surface area contributed by atoms with E-state index >= 15 is 0 Å². The number of hydrogen-bond donors (Lipinski definition) is 1. The van der Waals surface area contributed by atoms with Gasteiger partial charge in [0.2, 0.25) is 0 Å². The van der Waals surface area contributed by atoms with Gasteiger partial charge in [-0.2, -0.15) is 0 Å². The number of carbonyl (C=O) groups is 1. The summed E-state index contributed by atoms with van der Waals surface area (Å²) in [5, 5.41) is 0. The highest BCUT2D eigenvalue weighted by Crippen LogP contribution is 2.22. The van der Waals surface area contributed by atoms with Gasteiger partial charge in [-0.25, -0.2) is 13.1 Å². The number of sulfonamides is 1. The minimum atomic E-state index is -3.96. The van der Waals surface area contributed by atoms with Crippen molar-refractivity contribution in [2.24, 2.45) is 0 Å². The van der Waals surface area contributed by atoms with Gasteiger partial charge in [-0.15, -0.1) is 0 Å². The predicted octanol–water partition coefficient (Wildman–Crippen LogP) is 2.08. The molecule has 7 heteroatoms. The summed E-state index contributed by atoms with van der Waals surface area (Å²) in [6.45, 7) is 3.55. The summed E-state index contributed by atoms with van der Waals surface area (Å²) in [5.41, 5.74) is 2.28. The number of anilines is 1. The predicted molar refractivity (Wildman–Crippen MR) is 83.6 cm³/mol. The number of nitrogens with one attached hydrogen (secondary N) is 1. The molecular formula is C15H18N2O4S. The van der Waals surface area contributed by atoms with Crippen LogP contribution in [0.4, 0.5) is 5.69 Å². The second-order valence-electron chi connectivity index (χ2n) is 5.21. The number of hydrogen-bond acceptors (Lipinski definition) is 5. The number of nitrogens with zero attached hydrogens (tertiary/aromatic N) is 1. The number of rotatable bonds is 4. The lowest BCUT2D eigenvalue weighted by molar-refractivity contribution is 0.0953. The van der Waals surface area contributed by atoms with Crippen molar-refractivity contribution in [2.45, 2.75) is 18.7 Å². The molecule has 0 fully saturated rings. The van der Waals surface area contributed by atoms with Gasteiger partial charge in [0.15, 0.2) is 5.76 Å². The van der Waals surface area contributed by atoms with Crippen LogP contribution in [0.15, 0.2) is 39.8 Å². The highest BCUT2D eigenvalue weighted by Gasteiger charge is 2.22. The van der Waals surface area contributed by atoms with Crippen LogP contribution in [0.3, 0.4) is 0 Å². The fourth-order valence-corrected chi connectivity index (χ4v) is 3.04. The van der Waals surface area contributed by atoms with E-state index in [9.17, 15) is 13.2 Å². The Morgan fingerprint density at radius 2 is 1.82 bits per heavy atom. The number of benzene rings is 1. The van der Waals surface area contributed by atoms with Crippen LogP contribution < -0.4 is 9.62 Å². The molecule has 1 heterocycles. The van der Waals surface area contributed by atoms with Crippen molar-refractivity contribution in [2.75, 3.05) is 19.0 Å². The molecule has 2 aromatic rings. The van der Waals surface area contributed by atoms with E-state index in [1.54, 1.807) is 19.1 Å². The van der Waals surface area contributed by atoms with Crippen molar-refractivity contribution in [1.29, 1.82) is 0 Å². The smallest absolute Gasteiger partial charge is 0.300 e. The van der Waals surface area contributed by atoms with Crippen LogP contribution >= 0.6 is 0 Å². The zero-order valence-electron chi connectivity index (χ0n) is 12.9. The van der Waals surface area contributed by atoms with Gasteiger partial charge in [-0.05, 0) is 37.6 Å². The summed E-state index contributed by atoms with van der Waals surface area (Å²) < 4.78 is 31.7. The lowest BCUT2D eigenvalue weighted by atomic mass is 10.2. The topological polar surface area (TPSA) is 79.6 Å². The fraction of sp³-hybridized carbons (Fsp3) is 0.267. The Morgan fingerprint density at radius 1 is 1.14 bits per heavy atom. The molecule has 0 spiro atoms. The van der Waals surface area contributed by atoms with Crippen molar-refractivity contribution >= 4 is 21.6 Å². The van der Waals surface area contributed by atoms with E-state index in [0.29, 0.717) is 5.56 Å². The molecule has 118 valence electrons. The normalized spacial score (nSPS) is 11.3. The van der Waals surface area contributed by atoms with E-state index in [4.69, 9.17) is 4.42 Å². The van der Waals surface area contributed by atoms with Crippen LogP contribution in [0.1, 0.15) is 21.7 Å². The van der Waals surface area contributed by atoms with Crippen molar-refractivity contribution in [3.05, 3.63) is 47.4 Å². The van der Waals surface area contributed by atoms with Gasteiger partial charge in [0, 0.05) is 25.3 Å². The molecule has 2 rings (SSSR count). The summed E-state index contributed by atoms with van der Waals surface area (Å²) in [4.78, 5) is 13.8. The average molecular weight is 322 g/mol. The maximum Gasteiger partial charge on any atom is 0.300 e. The van der Waals surface area contributed by atoms with Crippen LogP contribution in [0.25, 0.3) is 0 Å². The lowest BCUT2D eigenvalue weighted by Gasteiger charge is -2.17. The van der Waals surface area contributed by atoms with E-state index in [0.717, 1.165) is 11.3 Å². The third-order valence-electron chi connectivity index (χ3n) is 3.27. The number of amides is 1. The van der Waals surface area contributed by atoms with Crippen LogP contribution in [0.5, 0.6) is 0 Å². The van der Waals surface area contributed by atoms with Crippen molar-refractivity contribution in [3.8, 4) is 0 Å². The summed E-state index contributed by atoms with van der Waals surface area (Å²) in [6.07, 6.45) is 1.34. The zero-order valence-corrected chi connectivity index (χ0v) is 13.7. The fourth-order valence-electron chi connectivity index (χ4n) is 2.07. The van der Waals surface area contributed by atoms with Gasteiger partial charge >= 0.3 is 5.91 Å². The third-order valence-corrected chi connectivity index (χ3v) is 4.60. The first-order valence-electron chi connectivity index (χ1n) is 6.61. The molecule has 0 atom stereocenters. The molecular weight excluding hydrogens is 304 g/mol.